The average Bonchev–Trinajstić information content (AvgIpc) is 2.64. The van der Waals surface area contributed by atoms with Crippen LogP contribution in [0.15, 0.2) is 18.3 Å². The van der Waals surface area contributed by atoms with E-state index in [9.17, 15) is 4.79 Å². The fourth-order valence-corrected chi connectivity index (χ4v) is 1.88. The van der Waals surface area contributed by atoms with Crippen molar-refractivity contribution in [2.75, 3.05) is 18.8 Å². The van der Waals surface area contributed by atoms with Gasteiger partial charge < -0.3 is 10.6 Å². The molecular formula is C11H15N3O. The number of pyridine rings is 1. The van der Waals surface area contributed by atoms with E-state index in [1.807, 2.05) is 4.90 Å². The predicted octanol–water partition coefficient (Wildman–Crippen LogP) is 1.15. The Balaban J connectivity index is 2.14. The Hall–Kier alpha value is -1.58. The number of rotatable bonds is 1. The molecule has 0 radical (unpaired) electrons. The summed E-state index contributed by atoms with van der Waals surface area (Å²) in [5.74, 6) is 1.06. The first-order valence-corrected chi connectivity index (χ1v) is 5.17. The van der Waals surface area contributed by atoms with Crippen molar-refractivity contribution in [1.29, 1.82) is 0 Å². The zero-order valence-corrected chi connectivity index (χ0v) is 8.81. The van der Waals surface area contributed by atoms with Gasteiger partial charge in [0.2, 0.25) is 0 Å². The highest BCUT2D eigenvalue weighted by molar-refractivity contribution is 5.94. The average molecular weight is 205 g/mol. The van der Waals surface area contributed by atoms with Crippen molar-refractivity contribution < 1.29 is 4.79 Å². The number of aromatic nitrogens is 1. The number of carbonyl (C=O) groups excluding carboxylic acids is 1. The van der Waals surface area contributed by atoms with E-state index in [-0.39, 0.29) is 5.91 Å². The molecule has 4 nitrogen and oxygen atoms in total. The topological polar surface area (TPSA) is 59.2 Å². The summed E-state index contributed by atoms with van der Waals surface area (Å²) in [6, 6.07) is 3.34. The van der Waals surface area contributed by atoms with Crippen molar-refractivity contribution >= 4 is 11.7 Å². The lowest BCUT2D eigenvalue weighted by atomic mass is 10.2. The molecule has 15 heavy (non-hydrogen) atoms. The fraction of sp³-hybridized carbons (Fsp3) is 0.455. The summed E-state index contributed by atoms with van der Waals surface area (Å²) in [4.78, 5) is 17.7. The molecule has 4 heteroatoms. The summed E-state index contributed by atoms with van der Waals surface area (Å²) in [6.45, 7) is 3.86. The molecule has 2 N–H and O–H groups in total. The van der Waals surface area contributed by atoms with Gasteiger partial charge in [-0.1, -0.05) is 6.92 Å². The van der Waals surface area contributed by atoms with Gasteiger partial charge in [-0.15, -0.1) is 0 Å². The summed E-state index contributed by atoms with van der Waals surface area (Å²) < 4.78 is 0. The number of hydrogen-bond donors (Lipinski definition) is 1. The van der Waals surface area contributed by atoms with Crippen LogP contribution in [0.25, 0.3) is 0 Å². The van der Waals surface area contributed by atoms with Crippen LogP contribution in [-0.2, 0) is 0 Å². The Bertz CT molecular complexity index is 378. The van der Waals surface area contributed by atoms with Crippen molar-refractivity contribution in [3.63, 3.8) is 0 Å². The van der Waals surface area contributed by atoms with Gasteiger partial charge in [-0.3, -0.25) is 4.79 Å². The Morgan fingerprint density at radius 3 is 3.07 bits per heavy atom. The van der Waals surface area contributed by atoms with Crippen LogP contribution in [0.1, 0.15) is 23.7 Å². The minimum Gasteiger partial charge on any atom is -0.384 e. The predicted molar refractivity (Wildman–Crippen MR) is 58.3 cm³/mol. The summed E-state index contributed by atoms with van der Waals surface area (Å²) in [5, 5.41) is 0. The molecule has 1 aliphatic rings. The van der Waals surface area contributed by atoms with Gasteiger partial charge in [-0.05, 0) is 24.5 Å². The molecule has 0 bridgehead atoms. The molecule has 1 amide bonds. The minimum absolute atomic E-state index is 0.0634. The first kappa shape index (κ1) is 9.96. The molecule has 2 rings (SSSR count). The molecule has 1 saturated heterocycles. The molecule has 0 saturated carbocycles. The maximum absolute atomic E-state index is 12.0. The van der Waals surface area contributed by atoms with Crippen LogP contribution < -0.4 is 5.73 Å². The molecule has 2 heterocycles. The normalized spacial score (nSPS) is 20.6. The van der Waals surface area contributed by atoms with Gasteiger partial charge in [-0.2, -0.15) is 0 Å². The van der Waals surface area contributed by atoms with Gasteiger partial charge in [0.15, 0.2) is 0 Å². The molecule has 0 aromatic carbocycles. The number of hydrogen-bond acceptors (Lipinski definition) is 3. The third kappa shape index (κ3) is 2.09. The zero-order chi connectivity index (χ0) is 10.8. The second-order valence-electron chi connectivity index (χ2n) is 4.11. The van der Waals surface area contributed by atoms with E-state index in [1.54, 1.807) is 18.3 Å². The van der Waals surface area contributed by atoms with E-state index in [0.717, 1.165) is 19.5 Å². The Kier molecular flexibility index (Phi) is 2.58. The first-order valence-electron chi connectivity index (χ1n) is 5.17. The first-order chi connectivity index (χ1) is 7.16. The van der Waals surface area contributed by atoms with Crippen LogP contribution in [0.2, 0.25) is 0 Å². The van der Waals surface area contributed by atoms with E-state index in [2.05, 4.69) is 11.9 Å². The van der Waals surface area contributed by atoms with Crippen molar-refractivity contribution in [1.82, 2.24) is 9.88 Å². The van der Waals surface area contributed by atoms with Crippen LogP contribution in [0, 0.1) is 5.92 Å². The lowest BCUT2D eigenvalue weighted by molar-refractivity contribution is 0.0788. The summed E-state index contributed by atoms with van der Waals surface area (Å²) in [6.07, 6.45) is 2.66. The van der Waals surface area contributed by atoms with Gasteiger partial charge in [0, 0.05) is 24.8 Å². The van der Waals surface area contributed by atoms with Gasteiger partial charge in [0.1, 0.15) is 5.82 Å². The second kappa shape index (κ2) is 3.88. The lowest BCUT2D eigenvalue weighted by Gasteiger charge is -2.15. The van der Waals surface area contributed by atoms with Crippen molar-refractivity contribution in [2.45, 2.75) is 13.3 Å². The van der Waals surface area contributed by atoms with Crippen LogP contribution in [0.4, 0.5) is 5.82 Å². The SMILES string of the molecule is CC1CCN(C(=O)c2ccnc(N)c2)C1. The Labute approximate surface area is 89.1 Å². The van der Waals surface area contributed by atoms with Gasteiger partial charge in [0.05, 0.1) is 0 Å². The van der Waals surface area contributed by atoms with E-state index in [1.165, 1.54) is 0 Å². The Morgan fingerprint density at radius 2 is 2.47 bits per heavy atom. The van der Waals surface area contributed by atoms with Crippen LogP contribution >= 0.6 is 0 Å². The van der Waals surface area contributed by atoms with Crippen molar-refractivity contribution in [3.8, 4) is 0 Å². The van der Waals surface area contributed by atoms with E-state index in [0.29, 0.717) is 17.3 Å². The highest BCUT2D eigenvalue weighted by Gasteiger charge is 2.24. The minimum atomic E-state index is 0.0634. The molecule has 1 unspecified atom stereocenters. The van der Waals surface area contributed by atoms with E-state index in [4.69, 9.17) is 5.73 Å². The maximum atomic E-state index is 12.0. The zero-order valence-electron chi connectivity index (χ0n) is 8.81. The molecule has 0 aliphatic carbocycles. The molecule has 1 fully saturated rings. The standard InChI is InChI=1S/C11H15N3O/c1-8-3-5-14(7-8)11(15)9-2-4-13-10(12)6-9/h2,4,6,8H,3,5,7H2,1H3,(H2,12,13). The number of likely N-dealkylation sites (tertiary alicyclic amines) is 1. The molecule has 1 aromatic rings. The van der Waals surface area contributed by atoms with Gasteiger partial charge >= 0.3 is 0 Å². The highest BCUT2D eigenvalue weighted by atomic mass is 16.2. The monoisotopic (exact) mass is 205 g/mol. The summed E-state index contributed by atoms with van der Waals surface area (Å²) in [5.41, 5.74) is 6.18. The van der Waals surface area contributed by atoms with E-state index >= 15 is 0 Å². The molecule has 1 aliphatic heterocycles. The van der Waals surface area contributed by atoms with E-state index < -0.39 is 0 Å². The number of carbonyl (C=O) groups is 1. The number of amides is 1. The number of nitrogens with zero attached hydrogens (tertiary/aromatic N) is 2. The second-order valence-corrected chi connectivity index (χ2v) is 4.11. The molecule has 0 spiro atoms. The summed E-state index contributed by atoms with van der Waals surface area (Å²) >= 11 is 0. The molecular weight excluding hydrogens is 190 g/mol. The van der Waals surface area contributed by atoms with Crippen molar-refractivity contribution in [3.05, 3.63) is 23.9 Å². The lowest BCUT2D eigenvalue weighted by Crippen LogP contribution is -2.28. The smallest absolute Gasteiger partial charge is 0.254 e. The van der Waals surface area contributed by atoms with Crippen LogP contribution in [-0.4, -0.2) is 28.9 Å². The highest BCUT2D eigenvalue weighted by Crippen LogP contribution is 2.18. The maximum Gasteiger partial charge on any atom is 0.254 e. The number of nitrogens with two attached hydrogens (primary N) is 1. The number of nitrogen functional groups attached to an aromatic ring is 1. The molecule has 1 aromatic heterocycles. The van der Waals surface area contributed by atoms with Gasteiger partial charge in [-0.25, -0.2) is 4.98 Å². The third-order valence-corrected chi connectivity index (χ3v) is 2.74. The van der Waals surface area contributed by atoms with Crippen molar-refractivity contribution in [2.24, 2.45) is 5.92 Å². The van der Waals surface area contributed by atoms with Gasteiger partial charge in [0.25, 0.3) is 5.91 Å². The largest absolute Gasteiger partial charge is 0.384 e. The quantitative estimate of drug-likeness (QED) is 0.748. The summed E-state index contributed by atoms with van der Waals surface area (Å²) in [7, 11) is 0. The fourth-order valence-electron chi connectivity index (χ4n) is 1.88. The molecule has 1 atom stereocenters. The molecule has 80 valence electrons. The Morgan fingerprint density at radius 1 is 1.67 bits per heavy atom. The number of anilines is 1. The third-order valence-electron chi connectivity index (χ3n) is 2.74. The van der Waals surface area contributed by atoms with Crippen LogP contribution in [0.5, 0.6) is 0 Å². The van der Waals surface area contributed by atoms with Crippen LogP contribution in [0.3, 0.4) is 0 Å².